The summed E-state index contributed by atoms with van der Waals surface area (Å²) >= 11 is 5.51. The van der Waals surface area contributed by atoms with Gasteiger partial charge in [0, 0.05) is 32.1 Å². The Morgan fingerprint density at radius 1 is 1.23 bits per heavy atom. The van der Waals surface area contributed by atoms with Gasteiger partial charge in [-0.2, -0.15) is 10.2 Å². The highest BCUT2D eigenvalue weighted by Crippen LogP contribution is 2.11. The lowest BCUT2D eigenvalue weighted by atomic mass is 10.1. The van der Waals surface area contributed by atoms with Crippen LogP contribution in [0.4, 0.5) is 5.82 Å². The molecule has 1 N–H and O–H groups in total. The summed E-state index contributed by atoms with van der Waals surface area (Å²) in [7, 11) is 1.96. The summed E-state index contributed by atoms with van der Waals surface area (Å²) in [5, 5.41) is 12.7. The van der Waals surface area contributed by atoms with Crippen LogP contribution in [0.25, 0.3) is 0 Å². The first-order valence-corrected chi connectivity index (χ1v) is 9.08. The summed E-state index contributed by atoms with van der Waals surface area (Å²) in [6.07, 6.45) is 3.78. The number of thiocarbonyl (C=S) groups is 1. The van der Waals surface area contributed by atoms with Crippen molar-refractivity contribution in [1.29, 1.82) is 0 Å². The molecule has 3 aromatic rings. The molecule has 26 heavy (non-hydrogen) atoms. The Labute approximate surface area is 159 Å². The van der Waals surface area contributed by atoms with Crippen molar-refractivity contribution in [2.24, 2.45) is 0 Å². The Bertz CT molecular complexity index is 882. The van der Waals surface area contributed by atoms with Crippen molar-refractivity contribution in [3.05, 3.63) is 65.6 Å². The van der Waals surface area contributed by atoms with Crippen molar-refractivity contribution in [3.8, 4) is 0 Å². The van der Waals surface area contributed by atoms with Crippen molar-refractivity contribution in [2.75, 3.05) is 12.4 Å². The molecule has 7 heteroatoms. The fourth-order valence-corrected chi connectivity index (χ4v) is 2.95. The lowest BCUT2D eigenvalue weighted by Gasteiger charge is -2.20. The Morgan fingerprint density at radius 2 is 2.04 bits per heavy atom. The Hall–Kier alpha value is -2.67. The van der Waals surface area contributed by atoms with E-state index in [4.69, 9.17) is 12.2 Å². The summed E-state index contributed by atoms with van der Waals surface area (Å²) in [6, 6.07) is 12.3. The molecule has 0 aliphatic rings. The molecule has 0 spiro atoms. The molecule has 0 fully saturated rings. The topological polar surface area (TPSA) is 50.9 Å². The number of hydrogen-bond acceptors (Lipinski definition) is 3. The molecule has 136 valence electrons. The van der Waals surface area contributed by atoms with E-state index < -0.39 is 0 Å². The Kier molecular flexibility index (Phi) is 5.68. The first kappa shape index (κ1) is 18.1. The predicted molar refractivity (Wildman–Crippen MR) is 108 cm³/mol. The van der Waals surface area contributed by atoms with E-state index in [1.165, 1.54) is 11.1 Å². The third-order valence-electron chi connectivity index (χ3n) is 4.32. The molecule has 0 radical (unpaired) electrons. The van der Waals surface area contributed by atoms with Crippen LogP contribution < -0.4 is 5.32 Å². The van der Waals surface area contributed by atoms with Crippen LogP contribution >= 0.6 is 12.2 Å². The smallest absolute Gasteiger partial charge is 0.174 e. The maximum Gasteiger partial charge on any atom is 0.174 e. The standard InChI is InChI=1S/C19H24N6S/c1-4-25-17(9-11-20-25)14-23(3)19(26)21-18-10-12-24(22-18)13-16-8-6-5-7-15(16)2/h5-12H,4,13-14H2,1-3H3,(H,21,22,26). The normalized spacial score (nSPS) is 10.7. The largest absolute Gasteiger partial charge is 0.346 e. The number of nitrogens with zero attached hydrogens (tertiary/aromatic N) is 5. The van der Waals surface area contributed by atoms with Gasteiger partial charge >= 0.3 is 0 Å². The van der Waals surface area contributed by atoms with Crippen molar-refractivity contribution in [3.63, 3.8) is 0 Å². The highest BCUT2D eigenvalue weighted by Gasteiger charge is 2.10. The molecule has 0 amide bonds. The molecule has 0 unspecified atom stereocenters. The third kappa shape index (κ3) is 4.29. The number of anilines is 1. The van der Waals surface area contributed by atoms with E-state index in [1.54, 1.807) is 0 Å². The molecule has 1 aromatic carbocycles. The van der Waals surface area contributed by atoms with E-state index in [0.29, 0.717) is 11.7 Å². The summed E-state index contributed by atoms with van der Waals surface area (Å²) < 4.78 is 3.88. The van der Waals surface area contributed by atoms with Crippen LogP contribution in [0.15, 0.2) is 48.8 Å². The van der Waals surface area contributed by atoms with Gasteiger partial charge in [-0.15, -0.1) is 0 Å². The number of hydrogen-bond donors (Lipinski definition) is 1. The van der Waals surface area contributed by atoms with E-state index in [-0.39, 0.29) is 0 Å². The lowest BCUT2D eigenvalue weighted by Crippen LogP contribution is -2.31. The molecule has 0 bridgehead atoms. The van der Waals surface area contributed by atoms with E-state index in [2.05, 4.69) is 47.6 Å². The second-order valence-corrected chi connectivity index (χ2v) is 6.64. The van der Waals surface area contributed by atoms with E-state index in [0.717, 1.165) is 24.6 Å². The Morgan fingerprint density at radius 3 is 2.81 bits per heavy atom. The van der Waals surface area contributed by atoms with Gasteiger partial charge in [0.05, 0.1) is 18.8 Å². The molecular formula is C19H24N6S. The second-order valence-electron chi connectivity index (χ2n) is 6.25. The fourth-order valence-electron chi connectivity index (χ4n) is 2.78. The summed E-state index contributed by atoms with van der Waals surface area (Å²) in [4.78, 5) is 1.98. The van der Waals surface area contributed by atoms with Gasteiger partial charge < -0.3 is 10.2 Å². The Balaban J connectivity index is 1.59. The van der Waals surface area contributed by atoms with Gasteiger partial charge in [0.2, 0.25) is 0 Å². The van der Waals surface area contributed by atoms with Crippen LogP contribution in [0.3, 0.4) is 0 Å². The van der Waals surface area contributed by atoms with Crippen LogP contribution in [-0.4, -0.2) is 36.6 Å². The molecule has 2 aromatic heterocycles. The average molecular weight is 369 g/mol. The molecule has 0 aliphatic carbocycles. The summed E-state index contributed by atoms with van der Waals surface area (Å²) in [6.45, 7) is 6.48. The molecular weight excluding hydrogens is 344 g/mol. The average Bonchev–Trinajstić information content (AvgIpc) is 3.26. The van der Waals surface area contributed by atoms with Crippen LogP contribution in [0.5, 0.6) is 0 Å². The van der Waals surface area contributed by atoms with Gasteiger partial charge in [0.25, 0.3) is 0 Å². The maximum absolute atomic E-state index is 5.51. The van der Waals surface area contributed by atoms with E-state index in [9.17, 15) is 0 Å². The van der Waals surface area contributed by atoms with Crippen LogP contribution in [0.1, 0.15) is 23.7 Å². The molecule has 0 saturated carbocycles. The third-order valence-corrected chi connectivity index (χ3v) is 4.73. The number of benzene rings is 1. The molecule has 3 rings (SSSR count). The van der Waals surface area contributed by atoms with Crippen molar-refractivity contribution in [2.45, 2.75) is 33.5 Å². The van der Waals surface area contributed by atoms with Crippen LogP contribution in [0, 0.1) is 6.92 Å². The number of aromatic nitrogens is 4. The molecule has 2 heterocycles. The summed E-state index contributed by atoms with van der Waals surface area (Å²) in [5.41, 5.74) is 3.65. The van der Waals surface area contributed by atoms with Gasteiger partial charge in [0.1, 0.15) is 0 Å². The highest BCUT2D eigenvalue weighted by atomic mass is 32.1. The van der Waals surface area contributed by atoms with Crippen LogP contribution in [-0.2, 0) is 19.6 Å². The number of rotatable bonds is 6. The monoisotopic (exact) mass is 368 g/mol. The second kappa shape index (κ2) is 8.14. The quantitative estimate of drug-likeness (QED) is 0.677. The van der Waals surface area contributed by atoms with Gasteiger partial charge in [-0.25, -0.2) is 0 Å². The van der Waals surface area contributed by atoms with Gasteiger partial charge in [-0.3, -0.25) is 9.36 Å². The van der Waals surface area contributed by atoms with E-state index in [1.807, 2.05) is 51.9 Å². The van der Waals surface area contributed by atoms with Crippen LogP contribution in [0.2, 0.25) is 0 Å². The minimum Gasteiger partial charge on any atom is -0.346 e. The first-order valence-electron chi connectivity index (χ1n) is 8.67. The highest BCUT2D eigenvalue weighted by molar-refractivity contribution is 7.80. The molecule has 0 atom stereocenters. The fraction of sp³-hybridized carbons (Fsp3) is 0.316. The SMILES string of the molecule is CCn1nccc1CN(C)C(=S)Nc1ccn(Cc2ccccc2C)n1. The number of aryl methyl sites for hydroxylation is 2. The van der Waals surface area contributed by atoms with Gasteiger partial charge in [0.15, 0.2) is 10.9 Å². The maximum atomic E-state index is 5.51. The van der Waals surface area contributed by atoms with Crippen molar-refractivity contribution in [1.82, 2.24) is 24.5 Å². The van der Waals surface area contributed by atoms with Crippen molar-refractivity contribution < 1.29 is 0 Å². The lowest BCUT2D eigenvalue weighted by molar-refractivity contribution is 0.471. The van der Waals surface area contributed by atoms with Crippen molar-refractivity contribution >= 4 is 23.1 Å². The zero-order valence-corrected chi connectivity index (χ0v) is 16.2. The number of nitrogens with one attached hydrogen (secondary N) is 1. The predicted octanol–water partition coefficient (Wildman–Crippen LogP) is 3.29. The summed E-state index contributed by atoms with van der Waals surface area (Å²) in [5.74, 6) is 0.749. The molecule has 0 saturated heterocycles. The van der Waals surface area contributed by atoms with Gasteiger partial charge in [-0.05, 0) is 43.3 Å². The minimum atomic E-state index is 0.634. The zero-order valence-electron chi connectivity index (χ0n) is 15.4. The minimum absolute atomic E-state index is 0.634. The van der Waals surface area contributed by atoms with E-state index >= 15 is 0 Å². The molecule has 6 nitrogen and oxygen atoms in total. The van der Waals surface area contributed by atoms with Gasteiger partial charge in [-0.1, -0.05) is 24.3 Å². The zero-order chi connectivity index (χ0) is 18.5. The molecule has 0 aliphatic heterocycles. The first-order chi connectivity index (χ1) is 12.6.